The minimum absolute atomic E-state index is 0.203. The molecule has 1 aliphatic heterocycles. The lowest BCUT2D eigenvalue weighted by atomic mass is 10.1. The van der Waals surface area contributed by atoms with Gasteiger partial charge < -0.3 is 14.4 Å². The van der Waals surface area contributed by atoms with Gasteiger partial charge in [-0.3, -0.25) is 4.90 Å². The van der Waals surface area contributed by atoms with Crippen LogP contribution < -0.4 is 5.32 Å². The molecule has 1 aliphatic rings. The van der Waals surface area contributed by atoms with Crippen molar-refractivity contribution in [1.29, 1.82) is 0 Å². The third-order valence-corrected chi connectivity index (χ3v) is 3.70. The molecular weight excluding hydrogens is 258 g/mol. The average molecular weight is 277 g/mol. The molecule has 0 aliphatic carbocycles. The van der Waals surface area contributed by atoms with E-state index in [9.17, 15) is 0 Å². The van der Waals surface area contributed by atoms with E-state index in [0.29, 0.717) is 11.7 Å². The Morgan fingerprint density at radius 1 is 1.35 bits per heavy atom. The van der Waals surface area contributed by atoms with Gasteiger partial charge in [-0.15, -0.1) is 0 Å². The van der Waals surface area contributed by atoms with Crippen molar-refractivity contribution in [2.45, 2.75) is 26.3 Å². The summed E-state index contributed by atoms with van der Waals surface area (Å²) in [6, 6.07) is 0.203. The Balaban J connectivity index is 1.82. The third kappa shape index (κ3) is 2.46. The van der Waals surface area contributed by atoms with Crippen LogP contribution in [0.5, 0.6) is 0 Å². The van der Waals surface area contributed by atoms with Crippen LogP contribution >= 0.6 is 0 Å². The summed E-state index contributed by atoms with van der Waals surface area (Å²) < 4.78 is 10.4. The molecule has 7 heteroatoms. The standard InChI is InChI=1S/C13H19N5O2/c1-3-11(18-6-4-14-5-7-18)12-16-13(20-17-12)10-8-15-19-9(10)2/h8,11,14H,3-7H2,1-2H3. The molecule has 0 amide bonds. The van der Waals surface area contributed by atoms with Crippen LogP contribution in [0.2, 0.25) is 0 Å². The fourth-order valence-corrected chi connectivity index (χ4v) is 2.58. The molecule has 3 rings (SSSR count). The van der Waals surface area contributed by atoms with Crippen molar-refractivity contribution in [3.63, 3.8) is 0 Å². The molecule has 0 bridgehead atoms. The zero-order valence-corrected chi connectivity index (χ0v) is 11.8. The number of hydrogen-bond acceptors (Lipinski definition) is 7. The Labute approximate surface area is 117 Å². The van der Waals surface area contributed by atoms with Crippen LogP contribution in [0.15, 0.2) is 15.2 Å². The summed E-state index contributed by atoms with van der Waals surface area (Å²) in [6.07, 6.45) is 2.57. The maximum atomic E-state index is 5.36. The van der Waals surface area contributed by atoms with Crippen molar-refractivity contribution in [2.75, 3.05) is 26.2 Å². The van der Waals surface area contributed by atoms with Crippen molar-refractivity contribution in [3.05, 3.63) is 17.8 Å². The lowest BCUT2D eigenvalue weighted by Gasteiger charge is -2.32. The summed E-state index contributed by atoms with van der Waals surface area (Å²) in [5.74, 6) is 1.91. The highest BCUT2D eigenvalue weighted by Crippen LogP contribution is 2.26. The van der Waals surface area contributed by atoms with Gasteiger partial charge in [0.25, 0.3) is 5.89 Å². The molecular formula is C13H19N5O2. The van der Waals surface area contributed by atoms with Crippen molar-refractivity contribution >= 4 is 0 Å². The number of aryl methyl sites for hydroxylation is 1. The fourth-order valence-electron chi connectivity index (χ4n) is 2.58. The van der Waals surface area contributed by atoms with Crippen molar-refractivity contribution < 1.29 is 9.05 Å². The van der Waals surface area contributed by atoms with Gasteiger partial charge in [0.05, 0.1) is 12.2 Å². The average Bonchev–Trinajstić information content (AvgIpc) is 3.10. The minimum atomic E-state index is 0.203. The summed E-state index contributed by atoms with van der Waals surface area (Å²) in [7, 11) is 0. The van der Waals surface area contributed by atoms with E-state index in [4.69, 9.17) is 9.05 Å². The van der Waals surface area contributed by atoms with Crippen molar-refractivity contribution in [3.8, 4) is 11.5 Å². The Hall–Kier alpha value is -1.73. The van der Waals surface area contributed by atoms with Gasteiger partial charge in [-0.1, -0.05) is 17.2 Å². The van der Waals surface area contributed by atoms with Crippen LogP contribution in [0.1, 0.15) is 31.0 Å². The minimum Gasteiger partial charge on any atom is -0.361 e. The van der Waals surface area contributed by atoms with Crippen LogP contribution in [0.3, 0.4) is 0 Å². The lowest BCUT2D eigenvalue weighted by molar-refractivity contribution is 0.160. The Kier molecular flexibility index (Phi) is 3.79. The molecule has 108 valence electrons. The van der Waals surface area contributed by atoms with Gasteiger partial charge in [-0.2, -0.15) is 4.98 Å². The zero-order valence-electron chi connectivity index (χ0n) is 11.8. The van der Waals surface area contributed by atoms with Gasteiger partial charge in [0.1, 0.15) is 11.3 Å². The number of rotatable bonds is 4. The maximum absolute atomic E-state index is 5.36. The number of piperazine rings is 1. The maximum Gasteiger partial charge on any atom is 0.263 e. The molecule has 2 aromatic heterocycles. The normalized spacial score (nSPS) is 18.3. The highest BCUT2D eigenvalue weighted by molar-refractivity contribution is 5.53. The molecule has 7 nitrogen and oxygen atoms in total. The summed E-state index contributed by atoms with van der Waals surface area (Å²) in [4.78, 5) is 6.91. The van der Waals surface area contributed by atoms with Crippen LogP contribution in [0.4, 0.5) is 0 Å². The smallest absolute Gasteiger partial charge is 0.263 e. The SMILES string of the molecule is CCC(c1noc(-c2cnoc2C)n1)N1CCNCC1. The number of aromatic nitrogens is 3. The molecule has 1 N–H and O–H groups in total. The van der Waals surface area contributed by atoms with E-state index in [2.05, 4.69) is 32.4 Å². The molecule has 3 heterocycles. The van der Waals surface area contributed by atoms with Gasteiger partial charge in [-0.25, -0.2) is 0 Å². The number of hydrogen-bond donors (Lipinski definition) is 1. The topological polar surface area (TPSA) is 80.2 Å². The Morgan fingerprint density at radius 3 is 2.80 bits per heavy atom. The highest BCUT2D eigenvalue weighted by atomic mass is 16.5. The molecule has 1 atom stereocenters. The first-order chi connectivity index (χ1) is 9.79. The third-order valence-electron chi connectivity index (χ3n) is 3.70. The van der Waals surface area contributed by atoms with Crippen LogP contribution in [0, 0.1) is 6.92 Å². The highest BCUT2D eigenvalue weighted by Gasteiger charge is 2.26. The monoisotopic (exact) mass is 277 g/mol. The second-order valence-electron chi connectivity index (χ2n) is 4.96. The van der Waals surface area contributed by atoms with E-state index < -0.39 is 0 Å². The summed E-state index contributed by atoms with van der Waals surface area (Å²) in [6.45, 7) is 8.01. The van der Waals surface area contributed by atoms with E-state index >= 15 is 0 Å². The van der Waals surface area contributed by atoms with Crippen molar-refractivity contribution in [2.24, 2.45) is 0 Å². The van der Waals surface area contributed by atoms with Crippen LogP contribution in [0.25, 0.3) is 11.5 Å². The van der Waals surface area contributed by atoms with Gasteiger partial charge in [0, 0.05) is 26.2 Å². The van der Waals surface area contributed by atoms with Crippen LogP contribution in [-0.2, 0) is 0 Å². The van der Waals surface area contributed by atoms with E-state index in [1.807, 2.05) is 6.92 Å². The number of nitrogens with one attached hydrogen (secondary N) is 1. The predicted octanol–water partition coefficient (Wildman–Crippen LogP) is 1.39. The van der Waals surface area contributed by atoms with E-state index in [0.717, 1.165) is 44.0 Å². The molecule has 0 spiro atoms. The first-order valence-electron chi connectivity index (χ1n) is 6.99. The predicted molar refractivity (Wildman–Crippen MR) is 72.0 cm³/mol. The second kappa shape index (κ2) is 5.72. The summed E-state index contributed by atoms with van der Waals surface area (Å²) >= 11 is 0. The van der Waals surface area contributed by atoms with Crippen molar-refractivity contribution in [1.82, 2.24) is 25.5 Å². The summed E-state index contributed by atoms with van der Waals surface area (Å²) in [5, 5.41) is 11.2. The Morgan fingerprint density at radius 2 is 2.15 bits per heavy atom. The first-order valence-corrected chi connectivity index (χ1v) is 6.99. The van der Waals surface area contributed by atoms with Crippen LogP contribution in [-0.4, -0.2) is 46.4 Å². The second-order valence-corrected chi connectivity index (χ2v) is 4.96. The van der Waals surface area contributed by atoms with E-state index in [1.54, 1.807) is 6.20 Å². The molecule has 2 aromatic rings. The van der Waals surface area contributed by atoms with E-state index in [-0.39, 0.29) is 6.04 Å². The molecule has 1 unspecified atom stereocenters. The zero-order chi connectivity index (χ0) is 13.9. The lowest BCUT2D eigenvalue weighted by Crippen LogP contribution is -2.45. The van der Waals surface area contributed by atoms with Gasteiger partial charge in [-0.05, 0) is 13.3 Å². The fraction of sp³-hybridized carbons (Fsp3) is 0.615. The summed E-state index contributed by atoms with van der Waals surface area (Å²) in [5.41, 5.74) is 0.763. The molecule has 0 radical (unpaired) electrons. The van der Waals surface area contributed by atoms with Gasteiger partial charge >= 0.3 is 0 Å². The van der Waals surface area contributed by atoms with Gasteiger partial charge in [0.2, 0.25) is 0 Å². The van der Waals surface area contributed by atoms with E-state index in [1.165, 1.54) is 0 Å². The Bertz CT molecular complexity index is 559. The molecule has 20 heavy (non-hydrogen) atoms. The van der Waals surface area contributed by atoms with Gasteiger partial charge in [0.15, 0.2) is 5.82 Å². The largest absolute Gasteiger partial charge is 0.361 e. The molecule has 1 saturated heterocycles. The first kappa shape index (κ1) is 13.3. The molecule has 0 aromatic carbocycles. The molecule has 1 fully saturated rings. The molecule has 0 saturated carbocycles. The number of nitrogens with zero attached hydrogens (tertiary/aromatic N) is 4. The quantitative estimate of drug-likeness (QED) is 0.904.